The maximum Gasteiger partial charge on any atom is 0.573 e. The lowest BCUT2D eigenvalue weighted by atomic mass is 10.00. The van der Waals surface area contributed by atoms with Crippen LogP contribution in [0.15, 0.2) is 76.8 Å². The molecule has 0 fully saturated rings. The van der Waals surface area contributed by atoms with E-state index in [4.69, 9.17) is 4.74 Å². The highest BCUT2D eigenvalue weighted by Crippen LogP contribution is 2.30. The second kappa shape index (κ2) is 16.0. The number of thiol groups is 1. The van der Waals surface area contributed by atoms with E-state index in [0.29, 0.717) is 22.5 Å². The first-order valence-corrected chi connectivity index (χ1v) is 15.4. The lowest BCUT2D eigenvalue weighted by molar-refractivity contribution is -0.274. The fraction of sp³-hybridized carbons (Fsp3) is 0.235. The number of anilines is 1. The molecule has 0 aliphatic carbocycles. The minimum atomic E-state index is -4.86. The Kier molecular flexibility index (Phi) is 11.8. The third kappa shape index (κ3) is 9.94. The van der Waals surface area contributed by atoms with E-state index < -0.39 is 24.0 Å². The van der Waals surface area contributed by atoms with Gasteiger partial charge in [-0.3, -0.25) is 19.7 Å². The Morgan fingerprint density at radius 1 is 1.10 bits per heavy atom. The van der Waals surface area contributed by atoms with Gasteiger partial charge >= 0.3 is 12.3 Å². The van der Waals surface area contributed by atoms with E-state index in [1.54, 1.807) is 31.3 Å². The second-order valence-corrected chi connectivity index (χ2v) is 11.2. The highest BCUT2D eigenvalue weighted by Gasteiger charge is 2.31. The van der Waals surface area contributed by atoms with Crippen LogP contribution in [0.3, 0.4) is 0 Å². The van der Waals surface area contributed by atoms with Crippen LogP contribution in [0.4, 0.5) is 24.7 Å². The Balaban J connectivity index is 1.51. The number of esters is 1. The highest BCUT2D eigenvalue weighted by molar-refractivity contribution is 7.80. The van der Waals surface area contributed by atoms with Gasteiger partial charge < -0.3 is 14.8 Å². The summed E-state index contributed by atoms with van der Waals surface area (Å²) in [5, 5.41) is 21.2. The Bertz CT molecular complexity index is 1910. The molecule has 49 heavy (non-hydrogen) atoms. The van der Waals surface area contributed by atoms with E-state index in [-0.39, 0.29) is 41.1 Å². The van der Waals surface area contributed by atoms with Crippen LogP contribution in [0.5, 0.6) is 5.75 Å². The highest BCUT2D eigenvalue weighted by atomic mass is 32.1. The molecule has 0 spiro atoms. The first-order chi connectivity index (χ1) is 23.3. The average molecular weight is 692 g/mol. The summed E-state index contributed by atoms with van der Waals surface area (Å²) in [6, 6.07) is 19.3. The summed E-state index contributed by atoms with van der Waals surface area (Å²) in [6.07, 6.45) is -3.49. The van der Waals surface area contributed by atoms with Crippen LogP contribution >= 0.6 is 12.6 Å². The SMILES string of the molecule is Cc1ccc(C(C)C)c(N=C(CC(=O)OCS)N/N=C/c2ccc(-c3nn(C)c(NC(=O)c4ccc(OC(F)(F)F)cc4)c3C#N)cc2)c1. The molecule has 1 heterocycles. The van der Waals surface area contributed by atoms with E-state index in [2.05, 4.69) is 63.2 Å². The molecule has 0 aliphatic rings. The second-order valence-electron chi connectivity index (χ2n) is 10.9. The molecular weight excluding hydrogens is 659 g/mol. The van der Waals surface area contributed by atoms with Crippen molar-refractivity contribution in [2.45, 2.75) is 39.5 Å². The number of hydrogen-bond donors (Lipinski definition) is 3. The number of ether oxygens (including phenoxy) is 2. The van der Waals surface area contributed by atoms with Gasteiger partial charge in [0.1, 0.15) is 47.1 Å². The number of aromatic nitrogens is 2. The lowest BCUT2D eigenvalue weighted by Gasteiger charge is -2.12. The first-order valence-electron chi connectivity index (χ1n) is 14.8. The van der Waals surface area contributed by atoms with Crippen molar-refractivity contribution in [3.8, 4) is 23.1 Å². The van der Waals surface area contributed by atoms with Gasteiger partial charge in [-0.1, -0.05) is 50.2 Å². The van der Waals surface area contributed by atoms with Gasteiger partial charge in [-0.25, -0.2) is 4.99 Å². The lowest BCUT2D eigenvalue weighted by Crippen LogP contribution is -2.22. The Morgan fingerprint density at radius 3 is 2.41 bits per heavy atom. The molecule has 1 amide bonds. The fourth-order valence-electron chi connectivity index (χ4n) is 4.62. The molecule has 4 aromatic rings. The summed E-state index contributed by atoms with van der Waals surface area (Å²) in [7, 11) is 1.54. The normalized spacial score (nSPS) is 11.8. The monoisotopic (exact) mass is 691 g/mol. The molecule has 0 aliphatic heterocycles. The zero-order valence-electron chi connectivity index (χ0n) is 26.9. The maximum absolute atomic E-state index is 12.8. The number of carbonyl (C=O) groups excluding carboxylic acids is 2. The minimum absolute atomic E-state index is 0.0458. The van der Waals surface area contributed by atoms with Gasteiger partial charge in [-0.2, -0.15) is 15.5 Å². The quantitative estimate of drug-likeness (QED) is 0.0383. The van der Waals surface area contributed by atoms with Crippen LogP contribution < -0.4 is 15.5 Å². The van der Waals surface area contributed by atoms with Crippen molar-refractivity contribution in [3.05, 3.63) is 94.5 Å². The molecule has 254 valence electrons. The number of carbonyl (C=O) groups is 2. The van der Waals surface area contributed by atoms with Gasteiger partial charge in [0, 0.05) is 18.2 Å². The number of alkyl halides is 3. The van der Waals surface area contributed by atoms with E-state index in [9.17, 15) is 28.0 Å². The molecule has 3 aromatic carbocycles. The number of benzene rings is 3. The van der Waals surface area contributed by atoms with Gasteiger partial charge in [-0.05, 0) is 59.9 Å². The summed E-state index contributed by atoms with van der Waals surface area (Å²) in [5.41, 5.74) is 7.26. The average Bonchev–Trinajstić information content (AvgIpc) is 3.35. The number of nitrogens with zero attached hydrogens (tertiary/aromatic N) is 5. The van der Waals surface area contributed by atoms with E-state index >= 15 is 0 Å². The van der Waals surface area contributed by atoms with Gasteiger partial charge in [0.2, 0.25) is 0 Å². The van der Waals surface area contributed by atoms with Crippen LogP contribution in [0, 0.1) is 18.3 Å². The maximum atomic E-state index is 12.8. The smallest absolute Gasteiger partial charge is 0.455 e. The van der Waals surface area contributed by atoms with E-state index in [1.807, 2.05) is 25.1 Å². The third-order valence-corrected chi connectivity index (χ3v) is 7.06. The summed E-state index contributed by atoms with van der Waals surface area (Å²) in [6.45, 7) is 6.06. The Labute approximate surface area is 285 Å². The van der Waals surface area contributed by atoms with Crippen molar-refractivity contribution < 1.29 is 32.2 Å². The summed E-state index contributed by atoms with van der Waals surface area (Å²) in [5.74, 6) is -1.15. The summed E-state index contributed by atoms with van der Waals surface area (Å²) < 4.78 is 47.5. The molecule has 0 atom stereocenters. The van der Waals surface area contributed by atoms with Crippen LogP contribution in [0.2, 0.25) is 0 Å². The Hall–Kier alpha value is -5.62. The molecule has 1 aromatic heterocycles. The van der Waals surface area contributed by atoms with E-state index in [1.165, 1.54) is 23.0 Å². The number of aliphatic imine (C=N–C) groups is 1. The third-order valence-electron chi connectivity index (χ3n) is 6.93. The molecule has 0 unspecified atom stereocenters. The molecule has 0 radical (unpaired) electrons. The molecule has 15 heteroatoms. The zero-order valence-corrected chi connectivity index (χ0v) is 27.8. The van der Waals surface area contributed by atoms with Gasteiger partial charge in [0.15, 0.2) is 0 Å². The van der Waals surface area contributed by atoms with Crippen molar-refractivity contribution in [1.82, 2.24) is 15.2 Å². The molecule has 4 rings (SSSR count). The first kappa shape index (κ1) is 36.2. The number of amidine groups is 1. The van der Waals surface area contributed by atoms with Crippen molar-refractivity contribution in [2.75, 3.05) is 11.3 Å². The van der Waals surface area contributed by atoms with Crippen molar-refractivity contribution in [1.29, 1.82) is 5.26 Å². The topological polar surface area (TPSA) is 143 Å². The largest absolute Gasteiger partial charge is 0.573 e. The van der Waals surface area contributed by atoms with Crippen LogP contribution in [0.1, 0.15) is 58.8 Å². The zero-order chi connectivity index (χ0) is 35.7. The number of halogens is 3. The number of nitrogens with one attached hydrogen (secondary N) is 2. The van der Waals surface area contributed by atoms with Crippen molar-refractivity contribution >= 4 is 48.1 Å². The standard InChI is InChI=1S/C34H32F3N7O4S/c1-20(2)26-14-5-21(3)15-28(26)40-29(16-30(45)47-19-49)42-39-18-22-6-8-23(9-7-22)31-27(17-38)32(44(4)43-31)41-33(46)24-10-12-25(13-11-24)48-34(35,36)37/h5-15,18,20,49H,16,19H2,1-4H3,(H,40,42)(H,41,46)/b39-18+. The minimum Gasteiger partial charge on any atom is -0.455 e. The van der Waals surface area contributed by atoms with Crippen LogP contribution in [0.25, 0.3) is 11.3 Å². The molecule has 2 N–H and O–H groups in total. The Morgan fingerprint density at radius 2 is 1.80 bits per heavy atom. The molecule has 0 bridgehead atoms. The van der Waals surface area contributed by atoms with Crippen LogP contribution in [-0.2, 0) is 16.6 Å². The number of aryl methyl sites for hydroxylation is 2. The van der Waals surface area contributed by atoms with E-state index in [0.717, 1.165) is 23.3 Å². The summed E-state index contributed by atoms with van der Waals surface area (Å²) >= 11 is 3.95. The number of rotatable bonds is 11. The van der Waals surface area contributed by atoms with Crippen molar-refractivity contribution in [2.24, 2.45) is 17.1 Å². The molecule has 11 nitrogen and oxygen atoms in total. The predicted molar refractivity (Wildman–Crippen MR) is 182 cm³/mol. The predicted octanol–water partition coefficient (Wildman–Crippen LogP) is 7.02. The van der Waals surface area contributed by atoms with Crippen LogP contribution in [-0.4, -0.2) is 46.0 Å². The summed E-state index contributed by atoms with van der Waals surface area (Å²) in [4.78, 5) is 29.8. The molecular formula is C34H32F3N7O4S. The number of hydrogen-bond acceptors (Lipinski definition) is 9. The number of amides is 1. The number of nitriles is 1. The fourth-order valence-corrected chi connectivity index (χ4v) is 4.76. The van der Waals surface area contributed by atoms with Gasteiger partial charge in [-0.15, -0.1) is 25.8 Å². The van der Waals surface area contributed by atoms with Gasteiger partial charge in [0.05, 0.1) is 11.9 Å². The van der Waals surface area contributed by atoms with Crippen molar-refractivity contribution in [3.63, 3.8) is 0 Å². The molecule has 0 saturated carbocycles. The molecule has 0 saturated heterocycles. The van der Waals surface area contributed by atoms with Gasteiger partial charge in [0.25, 0.3) is 5.91 Å². The number of hydrazone groups is 1.